The van der Waals surface area contributed by atoms with Crippen molar-refractivity contribution in [1.29, 1.82) is 0 Å². The normalized spacial score (nSPS) is 12.2. The maximum absolute atomic E-state index is 12.7. The van der Waals surface area contributed by atoms with Crippen LogP contribution in [0.15, 0.2) is 72.8 Å². The molecule has 1 unspecified atom stereocenters. The second kappa shape index (κ2) is 11.0. The van der Waals surface area contributed by atoms with E-state index in [1.165, 1.54) is 21.1 Å². The van der Waals surface area contributed by atoms with Crippen LogP contribution in [0.3, 0.4) is 0 Å². The Labute approximate surface area is 176 Å². The van der Waals surface area contributed by atoms with Crippen molar-refractivity contribution in [3.05, 3.63) is 83.9 Å². The second-order valence-electron chi connectivity index (χ2n) is 6.80. The monoisotopic (exact) mass is 410 g/mol. The number of allylic oxidation sites excluding steroid dienone is 1. The highest BCUT2D eigenvalue weighted by atomic mass is 16.5. The van der Waals surface area contributed by atoms with Crippen LogP contribution in [0.1, 0.15) is 30.6 Å². The van der Waals surface area contributed by atoms with Crippen molar-refractivity contribution < 1.29 is 28.6 Å². The van der Waals surface area contributed by atoms with E-state index in [4.69, 9.17) is 14.2 Å². The minimum absolute atomic E-state index is 0.0197. The molecule has 30 heavy (non-hydrogen) atoms. The summed E-state index contributed by atoms with van der Waals surface area (Å²) >= 11 is 0. The molecule has 0 saturated carbocycles. The van der Waals surface area contributed by atoms with Crippen molar-refractivity contribution in [2.75, 3.05) is 14.2 Å². The van der Waals surface area contributed by atoms with E-state index in [1.54, 1.807) is 12.2 Å². The quantitative estimate of drug-likeness (QED) is 0.271. The zero-order chi connectivity index (χ0) is 22.0. The molecule has 0 radical (unpaired) electrons. The molecule has 2 aromatic rings. The van der Waals surface area contributed by atoms with E-state index in [9.17, 15) is 14.4 Å². The van der Waals surface area contributed by atoms with Crippen LogP contribution in [0.5, 0.6) is 0 Å². The Morgan fingerprint density at radius 1 is 0.900 bits per heavy atom. The average molecular weight is 410 g/mol. The zero-order valence-electron chi connectivity index (χ0n) is 17.4. The number of benzene rings is 2. The third kappa shape index (κ3) is 5.80. The number of rotatable bonds is 9. The van der Waals surface area contributed by atoms with Gasteiger partial charge in [0.1, 0.15) is 6.10 Å². The molecule has 0 N–H and O–H groups in total. The first-order valence-corrected chi connectivity index (χ1v) is 9.52. The van der Waals surface area contributed by atoms with Crippen LogP contribution >= 0.6 is 0 Å². The molecule has 0 aliphatic rings. The summed E-state index contributed by atoms with van der Waals surface area (Å²) in [5.74, 6) is -1.82. The molecule has 0 fully saturated rings. The Kier molecular flexibility index (Phi) is 8.35. The number of methoxy groups -OCH3 is 2. The van der Waals surface area contributed by atoms with Crippen LogP contribution < -0.4 is 0 Å². The van der Waals surface area contributed by atoms with Gasteiger partial charge in [0.15, 0.2) is 5.41 Å². The van der Waals surface area contributed by atoms with E-state index >= 15 is 0 Å². The van der Waals surface area contributed by atoms with Gasteiger partial charge in [-0.05, 0) is 30.0 Å². The predicted octanol–water partition coefficient (Wildman–Crippen LogP) is 3.81. The zero-order valence-corrected chi connectivity index (χ0v) is 17.4. The minimum Gasteiger partial charge on any atom is -0.468 e. The largest absolute Gasteiger partial charge is 0.468 e. The molecule has 0 amide bonds. The molecule has 0 bridgehead atoms. The molecule has 0 heterocycles. The predicted molar refractivity (Wildman–Crippen MR) is 111 cm³/mol. The molecule has 2 aromatic carbocycles. The highest BCUT2D eigenvalue weighted by Gasteiger charge is 2.47. The molecule has 6 heteroatoms. The van der Waals surface area contributed by atoms with E-state index < -0.39 is 29.4 Å². The number of hydrogen-bond acceptors (Lipinski definition) is 6. The Morgan fingerprint density at radius 3 is 1.93 bits per heavy atom. The number of carbonyl (C=O) groups excluding carboxylic acids is 3. The highest BCUT2D eigenvalue weighted by Crippen LogP contribution is 2.32. The molecule has 0 aliphatic heterocycles. The van der Waals surface area contributed by atoms with Crippen molar-refractivity contribution in [2.24, 2.45) is 5.41 Å². The van der Waals surface area contributed by atoms with Gasteiger partial charge in [0.05, 0.1) is 14.2 Å². The van der Waals surface area contributed by atoms with E-state index in [0.717, 1.165) is 11.1 Å². The number of ether oxygens (including phenoxy) is 3. The molecule has 1 atom stereocenters. The summed E-state index contributed by atoms with van der Waals surface area (Å²) in [5, 5.41) is 0. The molecular weight excluding hydrogens is 384 g/mol. The summed E-state index contributed by atoms with van der Waals surface area (Å²) < 4.78 is 15.3. The highest BCUT2D eigenvalue weighted by molar-refractivity contribution is 6.00. The van der Waals surface area contributed by atoms with Crippen LogP contribution in [0.4, 0.5) is 0 Å². The van der Waals surface area contributed by atoms with E-state index in [1.807, 2.05) is 60.7 Å². The molecular formula is C24H26O6. The molecule has 0 aromatic heterocycles. The lowest BCUT2D eigenvalue weighted by molar-refractivity contribution is -0.169. The fraction of sp³-hybridized carbons (Fsp3) is 0.292. The van der Waals surface area contributed by atoms with Crippen molar-refractivity contribution in [2.45, 2.75) is 25.9 Å². The van der Waals surface area contributed by atoms with Gasteiger partial charge < -0.3 is 14.2 Å². The maximum Gasteiger partial charge on any atom is 0.323 e. The van der Waals surface area contributed by atoms with E-state index in [0.29, 0.717) is 0 Å². The Bertz CT molecular complexity index is 857. The molecule has 0 saturated heterocycles. The van der Waals surface area contributed by atoms with Gasteiger partial charge >= 0.3 is 17.9 Å². The van der Waals surface area contributed by atoms with E-state index in [-0.39, 0.29) is 12.8 Å². The first kappa shape index (κ1) is 22.9. The maximum atomic E-state index is 12.7. The fourth-order valence-corrected chi connectivity index (χ4v) is 3.23. The van der Waals surface area contributed by atoms with Gasteiger partial charge in [-0.1, -0.05) is 66.7 Å². The summed E-state index contributed by atoms with van der Waals surface area (Å²) in [6.07, 6.45) is 2.79. The standard InChI is InChI=1S/C24H26O6/c1-18(25)30-21(20-13-8-5-9-14-20)15-10-16-24(22(26)28-2,23(27)29-3)17-19-11-6-4-7-12-19/h4-15,21H,16-17H2,1-3H3/b15-10+. The average Bonchev–Trinajstić information content (AvgIpc) is 2.77. The van der Waals surface area contributed by atoms with Crippen molar-refractivity contribution in [1.82, 2.24) is 0 Å². The van der Waals surface area contributed by atoms with Gasteiger partial charge in [-0.3, -0.25) is 14.4 Å². The van der Waals surface area contributed by atoms with Crippen LogP contribution in [-0.2, 0) is 35.0 Å². The lowest BCUT2D eigenvalue weighted by atomic mass is 9.78. The first-order chi connectivity index (χ1) is 14.4. The van der Waals surface area contributed by atoms with Gasteiger partial charge in [-0.2, -0.15) is 0 Å². The molecule has 2 rings (SSSR count). The lowest BCUT2D eigenvalue weighted by Crippen LogP contribution is -2.43. The summed E-state index contributed by atoms with van der Waals surface area (Å²) in [6.45, 7) is 1.33. The fourth-order valence-electron chi connectivity index (χ4n) is 3.23. The lowest BCUT2D eigenvalue weighted by Gasteiger charge is -2.27. The van der Waals surface area contributed by atoms with Crippen molar-refractivity contribution >= 4 is 17.9 Å². The molecule has 158 valence electrons. The van der Waals surface area contributed by atoms with Crippen LogP contribution in [0.2, 0.25) is 0 Å². The summed E-state index contributed by atoms with van der Waals surface area (Å²) in [7, 11) is 2.47. The molecule has 6 nitrogen and oxygen atoms in total. The molecule has 0 spiro atoms. The van der Waals surface area contributed by atoms with Crippen LogP contribution in [0, 0.1) is 5.41 Å². The van der Waals surface area contributed by atoms with Crippen molar-refractivity contribution in [3.8, 4) is 0 Å². The Morgan fingerprint density at radius 2 is 1.43 bits per heavy atom. The number of hydrogen-bond donors (Lipinski definition) is 0. The first-order valence-electron chi connectivity index (χ1n) is 9.52. The van der Waals surface area contributed by atoms with Crippen LogP contribution in [0.25, 0.3) is 0 Å². The Balaban J connectivity index is 2.36. The Hall–Kier alpha value is -3.41. The van der Waals surface area contributed by atoms with Crippen molar-refractivity contribution in [3.63, 3.8) is 0 Å². The van der Waals surface area contributed by atoms with Gasteiger partial charge in [0.2, 0.25) is 0 Å². The molecule has 0 aliphatic carbocycles. The second-order valence-corrected chi connectivity index (χ2v) is 6.80. The third-order valence-corrected chi connectivity index (χ3v) is 4.70. The number of carbonyl (C=O) groups is 3. The smallest absolute Gasteiger partial charge is 0.323 e. The third-order valence-electron chi connectivity index (χ3n) is 4.70. The summed E-state index contributed by atoms with van der Waals surface area (Å²) in [4.78, 5) is 37.0. The van der Waals surface area contributed by atoms with Gasteiger partial charge in [0, 0.05) is 6.92 Å². The SMILES string of the molecule is COC(=O)C(C/C=C/C(OC(C)=O)c1ccccc1)(Cc1ccccc1)C(=O)OC. The summed E-state index contributed by atoms with van der Waals surface area (Å²) in [6, 6.07) is 18.4. The summed E-state index contributed by atoms with van der Waals surface area (Å²) in [5.41, 5.74) is 0.00812. The topological polar surface area (TPSA) is 78.9 Å². The minimum atomic E-state index is -1.56. The van der Waals surface area contributed by atoms with E-state index in [2.05, 4.69) is 0 Å². The van der Waals surface area contributed by atoms with Gasteiger partial charge in [-0.15, -0.1) is 0 Å². The van der Waals surface area contributed by atoms with Gasteiger partial charge in [0.25, 0.3) is 0 Å². The van der Waals surface area contributed by atoms with Crippen LogP contribution in [-0.4, -0.2) is 32.1 Å². The number of esters is 3. The van der Waals surface area contributed by atoms with Gasteiger partial charge in [-0.25, -0.2) is 0 Å².